The fourth-order valence-corrected chi connectivity index (χ4v) is 2.33. The highest BCUT2D eigenvalue weighted by molar-refractivity contribution is 6.31. The first-order valence-electron chi connectivity index (χ1n) is 6.80. The van der Waals surface area contributed by atoms with Gasteiger partial charge in [0.05, 0.1) is 16.8 Å². The van der Waals surface area contributed by atoms with Gasteiger partial charge in [-0.15, -0.1) is 0 Å². The Hall–Kier alpha value is -1.83. The van der Waals surface area contributed by atoms with E-state index in [9.17, 15) is 5.26 Å². The molecule has 110 valence electrons. The van der Waals surface area contributed by atoms with Gasteiger partial charge in [0.25, 0.3) is 0 Å². The van der Waals surface area contributed by atoms with Crippen LogP contribution in [0.5, 0.6) is 0 Å². The number of hydrogen-bond acceptors (Lipinski definition) is 4. The summed E-state index contributed by atoms with van der Waals surface area (Å²) in [6.45, 7) is 4.92. The van der Waals surface area contributed by atoms with Gasteiger partial charge in [0.1, 0.15) is 6.07 Å². The van der Waals surface area contributed by atoms with Gasteiger partial charge in [-0.25, -0.2) is 0 Å². The number of benzene rings is 1. The van der Waals surface area contributed by atoms with Crippen LogP contribution in [-0.4, -0.2) is 23.2 Å². The number of pyridine rings is 1. The molecule has 0 spiro atoms. The minimum Gasteiger partial charge on any atom is -0.396 e. The quantitative estimate of drug-likeness (QED) is 0.886. The number of halogens is 1. The molecule has 2 aromatic rings. The normalized spacial score (nSPS) is 11.4. The Bertz CT molecular complexity index is 692. The number of fused-ring (bicyclic) bond motifs is 1. The maximum atomic E-state index is 9.28. The van der Waals surface area contributed by atoms with Crippen molar-refractivity contribution >= 4 is 28.2 Å². The molecule has 0 aliphatic heterocycles. The molecule has 0 fully saturated rings. The van der Waals surface area contributed by atoms with E-state index in [2.05, 4.69) is 30.2 Å². The largest absolute Gasteiger partial charge is 0.396 e. The zero-order chi connectivity index (χ0) is 15.5. The van der Waals surface area contributed by atoms with Gasteiger partial charge in [-0.05, 0) is 30.0 Å². The van der Waals surface area contributed by atoms with Gasteiger partial charge in [0.15, 0.2) is 0 Å². The molecule has 4 nitrogen and oxygen atoms in total. The molecule has 0 atom stereocenters. The monoisotopic (exact) mass is 303 g/mol. The number of anilines is 1. The molecule has 5 heteroatoms. The van der Waals surface area contributed by atoms with Gasteiger partial charge in [0.2, 0.25) is 0 Å². The molecule has 2 rings (SSSR count). The Morgan fingerprint density at radius 3 is 2.86 bits per heavy atom. The predicted molar refractivity (Wildman–Crippen MR) is 85.4 cm³/mol. The Morgan fingerprint density at radius 1 is 1.43 bits per heavy atom. The maximum Gasteiger partial charge on any atom is 0.103 e. The molecular weight excluding hydrogens is 286 g/mol. The molecule has 1 aromatic carbocycles. The average Bonchev–Trinajstić information content (AvgIpc) is 2.44. The van der Waals surface area contributed by atoms with E-state index in [1.165, 1.54) is 0 Å². The molecular formula is C16H18ClN3O. The second-order valence-electron chi connectivity index (χ2n) is 5.81. The SMILES string of the molecule is CC(C)(CCO)CNc1c(C#N)cnc2ccc(Cl)cc12. The van der Waals surface area contributed by atoms with Crippen LogP contribution in [0.3, 0.4) is 0 Å². The topological polar surface area (TPSA) is 68.9 Å². The van der Waals surface area contributed by atoms with Gasteiger partial charge >= 0.3 is 0 Å². The van der Waals surface area contributed by atoms with Crippen molar-refractivity contribution in [2.24, 2.45) is 5.41 Å². The number of aliphatic hydroxyl groups excluding tert-OH is 1. The van der Waals surface area contributed by atoms with Crippen LogP contribution in [0.2, 0.25) is 5.02 Å². The average molecular weight is 304 g/mol. The second-order valence-corrected chi connectivity index (χ2v) is 6.25. The number of nitrogens with one attached hydrogen (secondary N) is 1. The van der Waals surface area contributed by atoms with Crippen molar-refractivity contribution in [3.63, 3.8) is 0 Å². The van der Waals surface area contributed by atoms with Crippen LogP contribution in [0.15, 0.2) is 24.4 Å². The molecule has 1 heterocycles. The molecule has 0 saturated carbocycles. The van der Waals surface area contributed by atoms with Gasteiger partial charge in [0, 0.05) is 29.8 Å². The van der Waals surface area contributed by atoms with Gasteiger partial charge in [-0.3, -0.25) is 4.98 Å². The lowest BCUT2D eigenvalue weighted by Gasteiger charge is -2.25. The van der Waals surface area contributed by atoms with E-state index in [1.54, 1.807) is 12.3 Å². The molecule has 0 radical (unpaired) electrons. The first kappa shape index (κ1) is 15.6. The predicted octanol–water partition coefficient (Wildman–Crippen LogP) is 3.58. The Kier molecular flexibility index (Phi) is 4.66. The second kappa shape index (κ2) is 6.30. The number of nitriles is 1. The summed E-state index contributed by atoms with van der Waals surface area (Å²) in [4.78, 5) is 4.27. The van der Waals surface area contributed by atoms with E-state index in [4.69, 9.17) is 16.7 Å². The highest BCUT2D eigenvalue weighted by Crippen LogP contribution is 2.30. The van der Waals surface area contributed by atoms with Crippen molar-refractivity contribution in [2.75, 3.05) is 18.5 Å². The zero-order valence-electron chi connectivity index (χ0n) is 12.2. The van der Waals surface area contributed by atoms with Crippen molar-refractivity contribution < 1.29 is 5.11 Å². The molecule has 0 saturated heterocycles. The standard InChI is InChI=1S/C16H18ClN3O/c1-16(2,5-6-21)10-20-15-11(8-18)9-19-14-4-3-12(17)7-13(14)15/h3-4,7,9,21H,5-6,10H2,1-2H3,(H,19,20). The lowest BCUT2D eigenvalue weighted by atomic mass is 9.89. The number of aromatic nitrogens is 1. The van der Waals surface area contributed by atoms with Gasteiger partial charge in [-0.1, -0.05) is 25.4 Å². The maximum absolute atomic E-state index is 9.28. The summed E-state index contributed by atoms with van der Waals surface area (Å²) in [5.41, 5.74) is 1.96. The van der Waals surface area contributed by atoms with Gasteiger partial charge in [-0.2, -0.15) is 5.26 Å². The lowest BCUT2D eigenvalue weighted by Crippen LogP contribution is -2.24. The minimum atomic E-state index is -0.0738. The number of aliphatic hydroxyl groups is 1. The summed E-state index contributed by atoms with van der Waals surface area (Å²) in [7, 11) is 0. The summed E-state index contributed by atoms with van der Waals surface area (Å²) in [6.07, 6.45) is 2.25. The van der Waals surface area contributed by atoms with Crippen molar-refractivity contribution in [1.29, 1.82) is 5.26 Å². The molecule has 0 unspecified atom stereocenters. The molecule has 0 aliphatic carbocycles. The highest BCUT2D eigenvalue weighted by atomic mass is 35.5. The summed E-state index contributed by atoms with van der Waals surface area (Å²) in [5, 5.41) is 23.1. The van der Waals surface area contributed by atoms with Crippen molar-refractivity contribution in [2.45, 2.75) is 20.3 Å². The molecule has 0 amide bonds. The van der Waals surface area contributed by atoms with E-state index in [0.717, 1.165) is 16.6 Å². The van der Waals surface area contributed by atoms with E-state index in [-0.39, 0.29) is 12.0 Å². The minimum absolute atomic E-state index is 0.0738. The summed E-state index contributed by atoms with van der Waals surface area (Å²) in [6, 6.07) is 7.59. The van der Waals surface area contributed by atoms with Crippen molar-refractivity contribution in [3.05, 3.63) is 35.0 Å². The summed E-state index contributed by atoms with van der Waals surface area (Å²) < 4.78 is 0. The zero-order valence-corrected chi connectivity index (χ0v) is 12.9. The number of rotatable bonds is 5. The fourth-order valence-electron chi connectivity index (χ4n) is 2.16. The molecule has 1 aromatic heterocycles. The third-order valence-electron chi connectivity index (χ3n) is 3.48. The van der Waals surface area contributed by atoms with Crippen LogP contribution in [0, 0.1) is 16.7 Å². The molecule has 21 heavy (non-hydrogen) atoms. The number of hydrogen-bond donors (Lipinski definition) is 2. The van der Waals surface area contributed by atoms with E-state index < -0.39 is 0 Å². The van der Waals surface area contributed by atoms with Crippen LogP contribution >= 0.6 is 11.6 Å². The van der Waals surface area contributed by atoms with E-state index in [0.29, 0.717) is 23.6 Å². The van der Waals surface area contributed by atoms with Gasteiger partial charge < -0.3 is 10.4 Å². The third kappa shape index (κ3) is 3.63. The first-order valence-corrected chi connectivity index (χ1v) is 7.18. The molecule has 0 bridgehead atoms. The third-order valence-corrected chi connectivity index (χ3v) is 3.72. The van der Waals surface area contributed by atoms with E-state index >= 15 is 0 Å². The first-order chi connectivity index (χ1) is 9.96. The summed E-state index contributed by atoms with van der Waals surface area (Å²) >= 11 is 6.05. The van der Waals surface area contributed by atoms with Crippen LogP contribution in [0.1, 0.15) is 25.8 Å². The number of nitrogens with zero attached hydrogens (tertiary/aromatic N) is 2. The summed E-state index contributed by atoms with van der Waals surface area (Å²) in [5.74, 6) is 0. The molecule has 2 N–H and O–H groups in total. The van der Waals surface area contributed by atoms with Crippen LogP contribution in [0.25, 0.3) is 10.9 Å². The van der Waals surface area contributed by atoms with Crippen molar-refractivity contribution in [3.8, 4) is 6.07 Å². The van der Waals surface area contributed by atoms with Crippen molar-refractivity contribution in [1.82, 2.24) is 4.98 Å². The Balaban J connectivity index is 2.41. The van der Waals surface area contributed by atoms with Crippen LogP contribution in [0.4, 0.5) is 5.69 Å². The molecule has 0 aliphatic rings. The van der Waals surface area contributed by atoms with E-state index in [1.807, 2.05) is 12.1 Å². The van der Waals surface area contributed by atoms with Crippen LogP contribution < -0.4 is 5.32 Å². The lowest BCUT2D eigenvalue weighted by molar-refractivity contribution is 0.220. The Morgan fingerprint density at radius 2 is 2.19 bits per heavy atom. The Labute approximate surface area is 129 Å². The smallest absolute Gasteiger partial charge is 0.103 e. The fraction of sp³-hybridized carbons (Fsp3) is 0.375. The highest BCUT2D eigenvalue weighted by Gasteiger charge is 2.18. The van der Waals surface area contributed by atoms with Crippen LogP contribution in [-0.2, 0) is 0 Å².